The summed E-state index contributed by atoms with van der Waals surface area (Å²) < 4.78 is 10.1. The van der Waals surface area contributed by atoms with Crippen molar-refractivity contribution < 1.29 is 14.3 Å². The molecule has 0 aromatic heterocycles. The minimum Gasteiger partial charge on any atom is -0.385 e. The van der Waals surface area contributed by atoms with Gasteiger partial charge in [0.15, 0.2) is 0 Å². The van der Waals surface area contributed by atoms with Crippen LogP contribution in [-0.4, -0.2) is 63.9 Å². The molecule has 112 valence electrons. The first-order valence-electron chi connectivity index (χ1n) is 7.19. The molecule has 0 aromatic carbocycles. The zero-order valence-electron chi connectivity index (χ0n) is 12.5. The second-order valence-electron chi connectivity index (χ2n) is 5.30. The van der Waals surface area contributed by atoms with Crippen molar-refractivity contribution in [1.82, 2.24) is 10.2 Å². The van der Waals surface area contributed by atoms with Crippen LogP contribution in [0.1, 0.15) is 26.2 Å². The van der Waals surface area contributed by atoms with Crippen LogP contribution in [0.25, 0.3) is 0 Å². The lowest BCUT2D eigenvalue weighted by atomic mass is 9.93. The van der Waals surface area contributed by atoms with Gasteiger partial charge in [0.05, 0.1) is 12.6 Å². The summed E-state index contributed by atoms with van der Waals surface area (Å²) in [4.78, 5) is 14.4. The Labute approximate surface area is 116 Å². The third-order valence-electron chi connectivity index (χ3n) is 3.62. The summed E-state index contributed by atoms with van der Waals surface area (Å²) in [7, 11) is 3.35. The molecule has 0 aliphatic carbocycles. The van der Waals surface area contributed by atoms with Gasteiger partial charge in [-0.15, -0.1) is 0 Å². The summed E-state index contributed by atoms with van der Waals surface area (Å²) in [6.45, 7) is 5.82. The van der Waals surface area contributed by atoms with E-state index >= 15 is 0 Å². The fourth-order valence-electron chi connectivity index (χ4n) is 2.45. The van der Waals surface area contributed by atoms with E-state index in [1.165, 1.54) is 0 Å². The summed E-state index contributed by atoms with van der Waals surface area (Å²) in [5.74, 6) is 0.832. The van der Waals surface area contributed by atoms with E-state index in [0.29, 0.717) is 25.7 Å². The molecule has 2 atom stereocenters. The molecule has 0 bridgehead atoms. The van der Waals surface area contributed by atoms with Crippen molar-refractivity contribution in [3.63, 3.8) is 0 Å². The predicted octanol–water partition coefficient (Wildman–Crippen LogP) is 0.886. The molecule has 1 rings (SSSR count). The van der Waals surface area contributed by atoms with Gasteiger partial charge >= 0.3 is 0 Å². The van der Waals surface area contributed by atoms with Crippen LogP contribution in [0, 0.1) is 5.92 Å². The Bertz CT molecular complexity index is 261. The van der Waals surface area contributed by atoms with Gasteiger partial charge in [0.2, 0.25) is 5.91 Å². The topological polar surface area (TPSA) is 50.8 Å². The normalized spacial score (nSPS) is 23.3. The minimum absolute atomic E-state index is 0.0249. The van der Waals surface area contributed by atoms with E-state index in [4.69, 9.17) is 9.47 Å². The lowest BCUT2D eigenvalue weighted by molar-refractivity contribution is -0.135. The summed E-state index contributed by atoms with van der Waals surface area (Å²) in [5.41, 5.74) is 0. The lowest BCUT2D eigenvalue weighted by Crippen LogP contribution is -2.51. The molecule has 1 fully saturated rings. The number of ether oxygens (including phenoxy) is 2. The number of rotatable bonds is 8. The molecular formula is C14H28N2O3. The van der Waals surface area contributed by atoms with Crippen LogP contribution in [0.3, 0.4) is 0 Å². The molecule has 0 aromatic rings. The summed E-state index contributed by atoms with van der Waals surface area (Å²) in [6.07, 6.45) is 2.96. The molecule has 1 aliphatic heterocycles. The maximum Gasteiger partial charge on any atom is 0.239 e. The number of piperidine rings is 1. The van der Waals surface area contributed by atoms with Crippen molar-refractivity contribution in [2.75, 3.05) is 47.1 Å². The van der Waals surface area contributed by atoms with Crippen LogP contribution in [0.5, 0.6) is 0 Å². The molecule has 1 heterocycles. The van der Waals surface area contributed by atoms with E-state index in [1.54, 1.807) is 14.2 Å². The Hall–Kier alpha value is -0.650. The molecule has 1 N–H and O–H groups in total. The van der Waals surface area contributed by atoms with Gasteiger partial charge in [-0.25, -0.2) is 0 Å². The van der Waals surface area contributed by atoms with Crippen molar-refractivity contribution in [2.45, 2.75) is 32.2 Å². The number of hydrogen-bond donors (Lipinski definition) is 1. The summed E-state index contributed by atoms with van der Waals surface area (Å²) >= 11 is 0. The molecule has 5 heteroatoms. The average molecular weight is 272 g/mol. The molecule has 0 radical (unpaired) electrons. The van der Waals surface area contributed by atoms with E-state index in [9.17, 15) is 4.79 Å². The Morgan fingerprint density at radius 3 is 2.63 bits per heavy atom. The SMILES string of the molecule is COCCCN(CCOC)C(=O)C1CC(C)CCN1. The van der Waals surface area contributed by atoms with Crippen molar-refractivity contribution in [1.29, 1.82) is 0 Å². The van der Waals surface area contributed by atoms with Gasteiger partial charge in [-0.05, 0) is 31.7 Å². The van der Waals surface area contributed by atoms with Crippen LogP contribution in [0.4, 0.5) is 0 Å². The quantitative estimate of drug-likeness (QED) is 0.667. The van der Waals surface area contributed by atoms with Crippen molar-refractivity contribution in [3.05, 3.63) is 0 Å². The largest absolute Gasteiger partial charge is 0.385 e. The average Bonchev–Trinajstić information content (AvgIpc) is 2.42. The maximum atomic E-state index is 12.5. The second-order valence-corrected chi connectivity index (χ2v) is 5.30. The molecule has 0 saturated carbocycles. The number of hydrogen-bond acceptors (Lipinski definition) is 4. The van der Waals surface area contributed by atoms with Gasteiger partial charge < -0.3 is 19.7 Å². The number of nitrogens with one attached hydrogen (secondary N) is 1. The highest BCUT2D eigenvalue weighted by molar-refractivity contribution is 5.82. The number of carbonyl (C=O) groups is 1. The van der Waals surface area contributed by atoms with Crippen LogP contribution >= 0.6 is 0 Å². The van der Waals surface area contributed by atoms with E-state index < -0.39 is 0 Å². The molecule has 1 saturated heterocycles. The number of carbonyl (C=O) groups excluding carboxylic acids is 1. The predicted molar refractivity (Wildman–Crippen MR) is 75.1 cm³/mol. The van der Waals surface area contributed by atoms with E-state index in [-0.39, 0.29) is 11.9 Å². The zero-order chi connectivity index (χ0) is 14.1. The van der Waals surface area contributed by atoms with E-state index in [0.717, 1.165) is 32.4 Å². The molecule has 2 unspecified atom stereocenters. The van der Waals surface area contributed by atoms with Gasteiger partial charge in [-0.1, -0.05) is 6.92 Å². The third kappa shape index (κ3) is 5.89. The Kier molecular flexibility index (Phi) is 8.02. The molecule has 1 amide bonds. The standard InChI is InChI=1S/C14H28N2O3/c1-12-5-6-15-13(11-12)14(17)16(8-10-19-3)7-4-9-18-2/h12-13,15H,4-11H2,1-3H3. The number of nitrogens with zero attached hydrogens (tertiary/aromatic N) is 1. The number of amides is 1. The highest BCUT2D eigenvalue weighted by Gasteiger charge is 2.27. The first-order valence-corrected chi connectivity index (χ1v) is 7.19. The zero-order valence-corrected chi connectivity index (χ0v) is 12.5. The molecule has 5 nitrogen and oxygen atoms in total. The maximum absolute atomic E-state index is 12.5. The molecule has 19 heavy (non-hydrogen) atoms. The summed E-state index contributed by atoms with van der Waals surface area (Å²) in [5, 5.41) is 3.33. The van der Waals surface area contributed by atoms with E-state index in [2.05, 4.69) is 12.2 Å². The molecule has 1 aliphatic rings. The van der Waals surface area contributed by atoms with Gasteiger partial charge in [-0.3, -0.25) is 4.79 Å². The molecule has 0 spiro atoms. The van der Waals surface area contributed by atoms with Crippen LogP contribution in [0.2, 0.25) is 0 Å². The van der Waals surface area contributed by atoms with Crippen LogP contribution in [-0.2, 0) is 14.3 Å². The highest BCUT2D eigenvalue weighted by Crippen LogP contribution is 2.16. The van der Waals surface area contributed by atoms with Gasteiger partial charge in [0.1, 0.15) is 0 Å². The van der Waals surface area contributed by atoms with Crippen molar-refractivity contribution in [3.8, 4) is 0 Å². The van der Waals surface area contributed by atoms with Gasteiger partial charge in [-0.2, -0.15) is 0 Å². The Morgan fingerprint density at radius 2 is 2.00 bits per heavy atom. The molecular weight excluding hydrogens is 244 g/mol. The van der Waals surface area contributed by atoms with Crippen LogP contribution in [0.15, 0.2) is 0 Å². The first kappa shape index (κ1) is 16.4. The Morgan fingerprint density at radius 1 is 1.26 bits per heavy atom. The lowest BCUT2D eigenvalue weighted by Gasteiger charge is -2.32. The van der Waals surface area contributed by atoms with Gasteiger partial charge in [0, 0.05) is 33.9 Å². The number of methoxy groups -OCH3 is 2. The van der Waals surface area contributed by atoms with Crippen LogP contribution < -0.4 is 5.32 Å². The first-order chi connectivity index (χ1) is 9.19. The highest BCUT2D eigenvalue weighted by atomic mass is 16.5. The third-order valence-corrected chi connectivity index (χ3v) is 3.62. The fourth-order valence-corrected chi connectivity index (χ4v) is 2.45. The second kappa shape index (κ2) is 9.28. The van der Waals surface area contributed by atoms with Gasteiger partial charge in [0.25, 0.3) is 0 Å². The van der Waals surface area contributed by atoms with E-state index in [1.807, 2.05) is 4.90 Å². The fraction of sp³-hybridized carbons (Fsp3) is 0.929. The van der Waals surface area contributed by atoms with Crippen molar-refractivity contribution in [2.24, 2.45) is 5.92 Å². The van der Waals surface area contributed by atoms with Crippen molar-refractivity contribution >= 4 is 5.91 Å². The Balaban J connectivity index is 2.48. The smallest absolute Gasteiger partial charge is 0.239 e. The summed E-state index contributed by atoms with van der Waals surface area (Å²) in [6, 6.07) is -0.0249. The monoisotopic (exact) mass is 272 g/mol. The minimum atomic E-state index is -0.0249.